The highest BCUT2D eigenvalue weighted by Gasteiger charge is 2.27. The van der Waals surface area contributed by atoms with Crippen LogP contribution in [0.3, 0.4) is 0 Å². The van der Waals surface area contributed by atoms with Crippen molar-refractivity contribution in [3.8, 4) is 0 Å². The van der Waals surface area contributed by atoms with Gasteiger partial charge in [0.15, 0.2) is 5.78 Å². The van der Waals surface area contributed by atoms with Crippen molar-refractivity contribution in [3.05, 3.63) is 53.6 Å². The molecule has 1 fully saturated rings. The summed E-state index contributed by atoms with van der Waals surface area (Å²) in [5, 5.41) is 0. The van der Waals surface area contributed by atoms with Gasteiger partial charge in [-0.3, -0.25) is 9.69 Å². The molecule has 2 aromatic rings. The fraction of sp³-hybridized carbons (Fsp3) is 0.545. The molecule has 1 saturated heterocycles. The average Bonchev–Trinajstić information content (AvgIpc) is 3.08. The van der Waals surface area contributed by atoms with Crippen LogP contribution in [0.1, 0.15) is 62.3 Å². The van der Waals surface area contributed by atoms with Crippen molar-refractivity contribution in [2.24, 2.45) is 5.92 Å². The van der Waals surface area contributed by atoms with Crippen LogP contribution < -0.4 is 0 Å². The minimum absolute atomic E-state index is 0.0919. The lowest BCUT2D eigenvalue weighted by Crippen LogP contribution is -2.38. The van der Waals surface area contributed by atoms with E-state index in [-0.39, 0.29) is 17.1 Å². The monoisotopic (exact) mass is 353 g/mol. The number of aryl methyl sites for hydroxylation is 1. The van der Waals surface area contributed by atoms with E-state index in [0.717, 1.165) is 50.4 Å². The van der Waals surface area contributed by atoms with Crippen molar-refractivity contribution in [3.63, 3.8) is 0 Å². The molecule has 0 amide bonds. The lowest BCUT2D eigenvalue weighted by molar-refractivity contribution is 0.0807. The zero-order valence-corrected chi connectivity index (χ0v) is 16.5. The standard InChI is InChI=1S/C22H31N3O/c1-5-25-14-12-23-20(25)16-24-13-6-7-18(15-24)21(26)17-8-10-19(11-9-17)22(2,3)4/h8-12,14,18H,5-7,13,15-16H2,1-4H3. The van der Waals surface area contributed by atoms with Crippen molar-refractivity contribution >= 4 is 5.78 Å². The molecular formula is C22H31N3O. The van der Waals surface area contributed by atoms with Gasteiger partial charge in [0.2, 0.25) is 0 Å². The molecule has 1 atom stereocenters. The predicted molar refractivity (Wildman–Crippen MR) is 105 cm³/mol. The fourth-order valence-electron chi connectivity index (χ4n) is 3.76. The summed E-state index contributed by atoms with van der Waals surface area (Å²) in [6, 6.07) is 8.22. The summed E-state index contributed by atoms with van der Waals surface area (Å²) in [4.78, 5) is 19.8. The number of carbonyl (C=O) groups is 1. The second kappa shape index (κ2) is 7.75. The van der Waals surface area contributed by atoms with E-state index in [0.29, 0.717) is 0 Å². The van der Waals surface area contributed by atoms with Gasteiger partial charge < -0.3 is 4.57 Å². The maximum Gasteiger partial charge on any atom is 0.167 e. The molecule has 1 unspecified atom stereocenters. The molecule has 26 heavy (non-hydrogen) atoms. The van der Waals surface area contributed by atoms with Crippen LogP contribution in [-0.4, -0.2) is 33.3 Å². The number of imidazole rings is 1. The summed E-state index contributed by atoms with van der Waals surface area (Å²) in [6.07, 6.45) is 5.95. The van der Waals surface area contributed by atoms with E-state index in [4.69, 9.17) is 0 Å². The maximum atomic E-state index is 13.0. The minimum Gasteiger partial charge on any atom is -0.334 e. The Kier molecular flexibility index (Phi) is 5.61. The largest absolute Gasteiger partial charge is 0.334 e. The van der Waals surface area contributed by atoms with Crippen LogP contribution in [0.4, 0.5) is 0 Å². The van der Waals surface area contributed by atoms with E-state index < -0.39 is 0 Å². The van der Waals surface area contributed by atoms with E-state index in [1.165, 1.54) is 5.56 Å². The summed E-state index contributed by atoms with van der Waals surface area (Å²) >= 11 is 0. The van der Waals surface area contributed by atoms with Crippen LogP contribution in [0.25, 0.3) is 0 Å². The Hall–Kier alpha value is -1.94. The molecule has 0 aliphatic carbocycles. The van der Waals surface area contributed by atoms with Crippen LogP contribution in [0, 0.1) is 5.92 Å². The first-order chi connectivity index (χ1) is 12.4. The lowest BCUT2D eigenvalue weighted by atomic mass is 9.85. The van der Waals surface area contributed by atoms with Crippen molar-refractivity contribution in [1.29, 1.82) is 0 Å². The Bertz CT molecular complexity index is 739. The molecule has 0 radical (unpaired) electrons. The van der Waals surface area contributed by atoms with Crippen LogP contribution in [0.2, 0.25) is 0 Å². The minimum atomic E-state index is 0.0919. The molecule has 3 rings (SSSR count). The molecule has 1 aromatic heterocycles. The van der Waals surface area contributed by atoms with Gasteiger partial charge >= 0.3 is 0 Å². The number of rotatable bonds is 5. The predicted octanol–water partition coefficient (Wildman–Crippen LogP) is 4.30. The fourth-order valence-corrected chi connectivity index (χ4v) is 3.76. The first-order valence-electron chi connectivity index (χ1n) is 9.75. The van der Waals surface area contributed by atoms with Gasteiger partial charge in [0.25, 0.3) is 0 Å². The number of benzene rings is 1. The molecule has 1 aliphatic heterocycles. The van der Waals surface area contributed by atoms with Crippen molar-refractivity contribution < 1.29 is 4.79 Å². The van der Waals surface area contributed by atoms with Crippen molar-refractivity contribution in [2.75, 3.05) is 13.1 Å². The van der Waals surface area contributed by atoms with Crippen molar-refractivity contribution in [2.45, 2.75) is 59.0 Å². The van der Waals surface area contributed by atoms with Gasteiger partial charge in [-0.2, -0.15) is 0 Å². The molecule has 4 heteroatoms. The Morgan fingerprint density at radius 2 is 1.96 bits per heavy atom. The molecule has 4 nitrogen and oxygen atoms in total. The number of Topliss-reactive ketones (excluding diaryl/α,β-unsaturated/α-hetero) is 1. The zero-order valence-electron chi connectivity index (χ0n) is 16.5. The summed E-state index contributed by atoms with van der Waals surface area (Å²) in [5.74, 6) is 1.47. The molecule has 1 aliphatic rings. The van der Waals surface area contributed by atoms with Gasteiger partial charge in [0.05, 0.1) is 6.54 Å². The van der Waals surface area contributed by atoms with E-state index >= 15 is 0 Å². The third kappa shape index (κ3) is 4.24. The first-order valence-corrected chi connectivity index (χ1v) is 9.75. The number of aromatic nitrogens is 2. The number of piperidine rings is 1. The molecule has 0 N–H and O–H groups in total. The quantitative estimate of drug-likeness (QED) is 0.753. The van der Waals surface area contributed by atoms with Gasteiger partial charge in [-0.15, -0.1) is 0 Å². The Morgan fingerprint density at radius 3 is 2.62 bits per heavy atom. The zero-order chi connectivity index (χ0) is 18.7. The van der Waals surface area contributed by atoms with E-state index in [1.807, 2.05) is 24.5 Å². The summed E-state index contributed by atoms with van der Waals surface area (Å²) in [5.41, 5.74) is 2.23. The lowest BCUT2D eigenvalue weighted by Gasteiger charge is -2.32. The van der Waals surface area contributed by atoms with Gasteiger partial charge in [-0.25, -0.2) is 4.98 Å². The first kappa shape index (κ1) is 18.8. The molecule has 0 saturated carbocycles. The summed E-state index contributed by atoms with van der Waals surface area (Å²) in [7, 11) is 0. The van der Waals surface area contributed by atoms with Gasteiger partial charge in [-0.05, 0) is 37.3 Å². The second-order valence-corrected chi connectivity index (χ2v) is 8.40. The van der Waals surface area contributed by atoms with Gasteiger partial charge in [-0.1, -0.05) is 45.0 Å². The molecule has 0 spiro atoms. The molecular weight excluding hydrogens is 322 g/mol. The summed E-state index contributed by atoms with van der Waals surface area (Å²) in [6.45, 7) is 12.4. The number of hydrogen-bond acceptors (Lipinski definition) is 3. The SMILES string of the molecule is CCn1ccnc1CN1CCCC(C(=O)c2ccc(C(C)(C)C)cc2)C1. The second-order valence-electron chi connectivity index (χ2n) is 8.40. The van der Waals surface area contributed by atoms with Gasteiger partial charge in [0, 0.05) is 37.0 Å². The maximum absolute atomic E-state index is 13.0. The Morgan fingerprint density at radius 1 is 1.23 bits per heavy atom. The topological polar surface area (TPSA) is 38.1 Å². The average molecular weight is 354 g/mol. The van der Waals surface area contributed by atoms with Crippen LogP contribution in [-0.2, 0) is 18.5 Å². The number of ketones is 1. The highest BCUT2D eigenvalue weighted by atomic mass is 16.1. The number of carbonyl (C=O) groups excluding carboxylic acids is 1. The molecule has 1 aromatic carbocycles. The smallest absolute Gasteiger partial charge is 0.167 e. The third-order valence-corrected chi connectivity index (χ3v) is 5.42. The van der Waals surface area contributed by atoms with Crippen LogP contribution in [0.5, 0.6) is 0 Å². The number of hydrogen-bond donors (Lipinski definition) is 0. The molecule has 0 bridgehead atoms. The normalized spacial score (nSPS) is 18.8. The third-order valence-electron chi connectivity index (χ3n) is 5.42. The summed E-state index contributed by atoms with van der Waals surface area (Å²) < 4.78 is 2.18. The van der Waals surface area contributed by atoms with E-state index in [9.17, 15) is 4.79 Å². The van der Waals surface area contributed by atoms with E-state index in [1.54, 1.807) is 0 Å². The number of likely N-dealkylation sites (tertiary alicyclic amines) is 1. The van der Waals surface area contributed by atoms with Gasteiger partial charge in [0.1, 0.15) is 5.82 Å². The molecule has 140 valence electrons. The van der Waals surface area contributed by atoms with Crippen molar-refractivity contribution in [1.82, 2.24) is 14.5 Å². The van der Waals surface area contributed by atoms with Crippen LogP contribution >= 0.6 is 0 Å². The van der Waals surface area contributed by atoms with Crippen LogP contribution in [0.15, 0.2) is 36.7 Å². The van der Waals surface area contributed by atoms with E-state index in [2.05, 4.69) is 54.3 Å². The molecule has 2 heterocycles. The Balaban J connectivity index is 1.66. The highest BCUT2D eigenvalue weighted by molar-refractivity contribution is 5.98. The Labute approximate surface area is 157 Å². The highest BCUT2D eigenvalue weighted by Crippen LogP contribution is 2.25. The number of nitrogens with zero attached hydrogens (tertiary/aromatic N) is 3.